The van der Waals surface area contributed by atoms with Gasteiger partial charge < -0.3 is 5.11 Å². The molecule has 0 aliphatic carbocycles. The van der Waals surface area contributed by atoms with E-state index in [4.69, 9.17) is 0 Å². The Kier molecular flexibility index (Phi) is 2.62. The number of hydrogen-bond acceptors (Lipinski definition) is 2. The van der Waals surface area contributed by atoms with Crippen LogP contribution in [0.1, 0.15) is 23.7 Å². The minimum atomic E-state index is -0.283. The average Bonchev–Trinajstić information content (AvgIpc) is 2.52. The van der Waals surface area contributed by atoms with Crippen molar-refractivity contribution < 1.29 is 5.11 Å². The van der Waals surface area contributed by atoms with Crippen LogP contribution in [0.2, 0.25) is 0 Å². The summed E-state index contributed by atoms with van der Waals surface area (Å²) in [5.74, 6) is 2.07. The van der Waals surface area contributed by atoms with Crippen LogP contribution < -0.4 is 0 Å². The number of hydrogen-bond donors (Lipinski definition) is 1. The molecule has 1 unspecified atom stereocenters. The highest BCUT2D eigenvalue weighted by Gasteiger charge is 2.17. The molecular weight excluding hydrogens is 216 g/mol. The van der Waals surface area contributed by atoms with Gasteiger partial charge in [0.1, 0.15) is 0 Å². The lowest BCUT2D eigenvalue weighted by Gasteiger charge is -2.13. The third kappa shape index (κ3) is 1.62. The number of aliphatic hydroxyl groups is 1. The molecule has 1 aliphatic heterocycles. The van der Waals surface area contributed by atoms with Crippen molar-refractivity contribution in [1.82, 2.24) is 0 Å². The molecule has 0 amide bonds. The van der Waals surface area contributed by atoms with Gasteiger partial charge >= 0.3 is 0 Å². The summed E-state index contributed by atoms with van der Waals surface area (Å²) in [7, 11) is 0. The van der Waals surface area contributed by atoms with Crippen LogP contribution in [-0.2, 0) is 5.75 Å². The van der Waals surface area contributed by atoms with Gasteiger partial charge in [0.2, 0.25) is 0 Å². The molecule has 16 heavy (non-hydrogen) atoms. The van der Waals surface area contributed by atoms with Gasteiger partial charge in [0, 0.05) is 5.75 Å². The Morgan fingerprint density at radius 1 is 1.12 bits per heavy atom. The summed E-state index contributed by atoms with van der Waals surface area (Å²) < 4.78 is 0. The summed E-state index contributed by atoms with van der Waals surface area (Å²) in [4.78, 5) is 0. The highest BCUT2D eigenvalue weighted by atomic mass is 32.2. The van der Waals surface area contributed by atoms with E-state index < -0.39 is 0 Å². The summed E-state index contributed by atoms with van der Waals surface area (Å²) >= 11 is 1.92. The van der Waals surface area contributed by atoms with Crippen molar-refractivity contribution in [2.45, 2.75) is 18.3 Å². The van der Waals surface area contributed by atoms with E-state index in [-0.39, 0.29) is 6.10 Å². The largest absolute Gasteiger partial charge is 0.388 e. The van der Waals surface area contributed by atoms with Gasteiger partial charge in [0.15, 0.2) is 0 Å². The number of thioether (sulfide) groups is 1. The normalized spacial score (nSPS) is 20.4. The Hall–Kier alpha value is -0.990. The Labute approximate surface area is 99.5 Å². The van der Waals surface area contributed by atoms with Crippen LogP contribution in [0.15, 0.2) is 36.4 Å². The highest BCUT2D eigenvalue weighted by molar-refractivity contribution is 7.98. The van der Waals surface area contributed by atoms with Gasteiger partial charge in [-0.25, -0.2) is 0 Å². The zero-order valence-electron chi connectivity index (χ0n) is 9.02. The molecule has 3 rings (SSSR count). The second kappa shape index (κ2) is 4.11. The number of fused-ring (bicyclic) bond motifs is 3. The van der Waals surface area contributed by atoms with Crippen LogP contribution in [0.5, 0.6) is 0 Å². The summed E-state index contributed by atoms with van der Waals surface area (Å²) in [5, 5.41) is 12.7. The monoisotopic (exact) mass is 230 g/mol. The summed E-state index contributed by atoms with van der Waals surface area (Å²) in [6, 6.07) is 12.6. The molecule has 1 N–H and O–H groups in total. The van der Waals surface area contributed by atoms with Crippen LogP contribution in [-0.4, -0.2) is 10.9 Å². The maximum atomic E-state index is 10.1. The maximum Gasteiger partial charge on any atom is 0.0801 e. The van der Waals surface area contributed by atoms with Crippen molar-refractivity contribution >= 4 is 22.5 Å². The first kappa shape index (κ1) is 10.2. The van der Waals surface area contributed by atoms with E-state index in [0.29, 0.717) is 0 Å². The first-order chi connectivity index (χ1) is 7.86. The second-order valence-corrected chi connectivity index (χ2v) is 5.32. The van der Waals surface area contributed by atoms with Crippen LogP contribution in [0.3, 0.4) is 0 Å². The van der Waals surface area contributed by atoms with Crippen molar-refractivity contribution in [2.75, 3.05) is 5.75 Å². The van der Waals surface area contributed by atoms with Gasteiger partial charge in [-0.3, -0.25) is 0 Å². The molecule has 0 bridgehead atoms. The van der Waals surface area contributed by atoms with Gasteiger partial charge in [-0.15, -0.1) is 0 Å². The molecule has 2 heteroatoms. The van der Waals surface area contributed by atoms with E-state index in [1.165, 1.54) is 16.3 Å². The lowest BCUT2D eigenvalue weighted by molar-refractivity contribution is 0.175. The predicted molar refractivity (Wildman–Crippen MR) is 69.7 cm³/mol. The van der Waals surface area contributed by atoms with Gasteiger partial charge in [0.05, 0.1) is 6.10 Å². The van der Waals surface area contributed by atoms with Crippen LogP contribution in [0, 0.1) is 0 Å². The van der Waals surface area contributed by atoms with E-state index in [1.807, 2.05) is 11.8 Å². The summed E-state index contributed by atoms with van der Waals surface area (Å²) in [5.41, 5.74) is 2.46. The standard InChI is InChI=1S/C14H14OS/c15-14-7-8-16-9-13-11-4-2-1-3-10(11)5-6-12(13)14/h1-6,14-15H,7-9H2. The Morgan fingerprint density at radius 2 is 2.00 bits per heavy atom. The van der Waals surface area contributed by atoms with E-state index in [9.17, 15) is 5.11 Å². The molecule has 0 radical (unpaired) electrons. The van der Waals surface area contributed by atoms with Crippen molar-refractivity contribution in [3.05, 3.63) is 47.5 Å². The molecule has 2 aromatic rings. The van der Waals surface area contributed by atoms with Crippen molar-refractivity contribution in [2.24, 2.45) is 0 Å². The number of aliphatic hydroxyl groups excluding tert-OH is 1. The van der Waals surface area contributed by atoms with E-state index in [1.54, 1.807) is 0 Å². The topological polar surface area (TPSA) is 20.2 Å². The van der Waals surface area contributed by atoms with Crippen molar-refractivity contribution in [3.8, 4) is 0 Å². The highest BCUT2D eigenvalue weighted by Crippen LogP contribution is 2.34. The Bertz CT molecular complexity index is 521. The second-order valence-electron chi connectivity index (χ2n) is 4.21. The van der Waals surface area contributed by atoms with Gasteiger partial charge in [-0.1, -0.05) is 36.4 Å². The Morgan fingerprint density at radius 3 is 2.94 bits per heavy atom. The molecule has 1 nitrogen and oxygen atoms in total. The van der Waals surface area contributed by atoms with Crippen LogP contribution in [0.25, 0.3) is 10.8 Å². The summed E-state index contributed by atoms with van der Waals surface area (Å²) in [6.45, 7) is 0. The minimum Gasteiger partial charge on any atom is -0.388 e. The number of rotatable bonds is 0. The maximum absolute atomic E-state index is 10.1. The smallest absolute Gasteiger partial charge is 0.0801 e. The Balaban J connectivity index is 2.28. The molecule has 0 saturated heterocycles. The molecule has 1 atom stereocenters. The molecular formula is C14H14OS. The zero-order chi connectivity index (χ0) is 11.0. The lowest BCUT2D eigenvalue weighted by Crippen LogP contribution is -1.99. The zero-order valence-corrected chi connectivity index (χ0v) is 9.83. The molecule has 82 valence electrons. The quantitative estimate of drug-likeness (QED) is 0.747. The molecule has 1 heterocycles. The lowest BCUT2D eigenvalue weighted by atomic mass is 9.96. The molecule has 1 aliphatic rings. The third-order valence-corrected chi connectivity index (χ3v) is 4.24. The predicted octanol–water partition coefficient (Wildman–Crippen LogP) is 3.51. The van der Waals surface area contributed by atoms with Crippen LogP contribution >= 0.6 is 11.8 Å². The van der Waals surface area contributed by atoms with E-state index >= 15 is 0 Å². The van der Waals surface area contributed by atoms with Gasteiger partial charge in [-0.05, 0) is 34.1 Å². The van der Waals surface area contributed by atoms with E-state index in [0.717, 1.165) is 23.5 Å². The average molecular weight is 230 g/mol. The van der Waals surface area contributed by atoms with Gasteiger partial charge in [0.25, 0.3) is 0 Å². The molecule has 0 fully saturated rings. The van der Waals surface area contributed by atoms with Crippen molar-refractivity contribution in [1.29, 1.82) is 0 Å². The first-order valence-electron chi connectivity index (χ1n) is 5.62. The minimum absolute atomic E-state index is 0.283. The first-order valence-corrected chi connectivity index (χ1v) is 6.78. The fourth-order valence-electron chi connectivity index (χ4n) is 2.35. The molecule has 0 aromatic heterocycles. The van der Waals surface area contributed by atoms with E-state index in [2.05, 4.69) is 36.4 Å². The fraction of sp³-hybridized carbons (Fsp3) is 0.286. The van der Waals surface area contributed by atoms with Crippen molar-refractivity contribution in [3.63, 3.8) is 0 Å². The third-order valence-electron chi connectivity index (χ3n) is 3.22. The van der Waals surface area contributed by atoms with Crippen LogP contribution in [0.4, 0.5) is 0 Å². The number of benzene rings is 2. The van der Waals surface area contributed by atoms with Gasteiger partial charge in [-0.2, -0.15) is 11.8 Å². The molecule has 2 aromatic carbocycles. The molecule has 0 spiro atoms. The fourth-order valence-corrected chi connectivity index (χ4v) is 3.41. The SMILES string of the molecule is OC1CCSCc2c1ccc1ccccc21. The summed E-state index contributed by atoms with van der Waals surface area (Å²) in [6.07, 6.45) is 0.588. The molecule has 0 saturated carbocycles.